The minimum Gasteiger partial charge on any atom is -0.329 e. The molecule has 0 aliphatic heterocycles. The Bertz CT molecular complexity index is 493. The maximum Gasteiger partial charge on any atom is 0.277 e. The standard InChI is InChI=1S/C5H4N4OS/c10-4-3-2(1-6-9-3)7-5(11)8-4/h1H,(H,6,9)(H2,7,8,10,11). The van der Waals surface area contributed by atoms with E-state index in [-0.39, 0.29) is 5.56 Å². The monoisotopic (exact) mass is 168 g/mol. The van der Waals surface area contributed by atoms with E-state index in [0.29, 0.717) is 15.8 Å². The third-order valence-corrected chi connectivity index (χ3v) is 1.55. The number of aromatic nitrogens is 4. The molecule has 2 aromatic heterocycles. The molecule has 5 nitrogen and oxygen atoms in total. The fourth-order valence-corrected chi connectivity index (χ4v) is 1.08. The summed E-state index contributed by atoms with van der Waals surface area (Å²) in [6, 6.07) is 0. The maximum atomic E-state index is 11.0. The third kappa shape index (κ3) is 0.874. The van der Waals surface area contributed by atoms with E-state index >= 15 is 0 Å². The molecule has 2 heterocycles. The zero-order chi connectivity index (χ0) is 7.84. The lowest BCUT2D eigenvalue weighted by atomic mass is 10.5. The molecule has 0 bridgehead atoms. The van der Waals surface area contributed by atoms with E-state index < -0.39 is 0 Å². The van der Waals surface area contributed by atoms with Crippen molar-refractivity contribution < 1.29 is 0 Å². The van der Waals surface area contributed by atoms with Crippen LogP contribution in [-0.4, -0.2) is 20.2 Å². The zero-order valence-electron chi connectivity index (χ0n) is 5.34. The Hall–Kier alpha value is -1.43. The van der Waals surface area contributed by atoms with Crippen molar-refractivity contribution in [2.45, 2.75) is 0 Å². The lowest BCUT2D eigenvalue weighted by Gasteiger charge is -1.85. The molecule has 56 valence electrons. The number of hydrogen-bond acceptors (Lipinski definition) is 3. The number of nitrogens with zero attached hydrogens (tertiary/aromatic N) is 1. The van der Waals surface area contributed by atoms with Crippen LogP contribution in [0, 0.1) is 4.77 Å². The molecule has 0 aliphatic carbocycles. The van der Waals surface area contributed by atoms with Crippen molar-refractivity contribution >= 4 is 23.3 Å². The smallest absolute Gasteiger partial charge is 0.277 e. The summed E-state index contributed by atoms with van der Waals surface area (Å²) >= 11 is 4.74. The molecule has 0 unspecified atom stereocenters. The summed E-state index contributed by atoms with van der Waals surface area (Å²) in [5.41, 5.74) is 0.790. The van der Waals surface area contributed by atoms with Crippen LogP contribution in [0.5, 0.6) is 0 Å². The average Bonchev–Trinajstić information content (AvgIpc) is 2.34. The van der Waals surface area contributed by atoms with Crippen LogP contribution < -0.4 is 5.56 Å². The number of nitrogens with one attached hydrogen (secondary N) is 3. The van der Waals surface area contributed by atoms with Gasteiger partial charge in [0.15, 0.2) is 4.77 Å². The number of fused-ring (bicyclic) bond motifs is 1. The molecule has 0 aliphatic rings. The fourth-order valence-electron chi connectivity index (χ4n) is 0.873. The van der Waals surface area contributed by atoms with Crippen LogP contribution in [0.2, 0.25) is 0 Å². The van der Waals surface area contributed by atoms with E-state index in [1.54, 1.807) is 0 Å². The summed E-state index contributed by atoms with van der Waals surface area (Å²) in [6.45, 7) is 0. The molecule has 0 aromatic carbocycles. The summed E-state index contributed by atoms with van der Waals surface area (Å²) < 4.78 is 0.309. The summed E-state index contributed by atoms with van der Waals surface area (Å²) in [4.78, 5) is 16.3. The van der Waals surface area contributed by atoms with E-state index in [2.05, 4.69) is 20.2 Å². The molecule has 0 saturated carbocycles. The van der Waals surface area contributed by atoms with Crippen molar-refractivity contribution in [3.05, 3.63) is 21.3 Å². The van der Waals surface area contributed by atoms with Crippen molar-refractivity contribution in [1.29, 1.82) is 0 Å². The van der Waals surface area contributed by atoms with Crippen molar-refractivity contribution in [3.8, 4) is 0 Å². The number of rotatable bonds is 0. The molecule has 0 radical (unpaired) electrons. The quantitative estimate of drug-likeness (QED) is 0.495. The molecular weight excluding hydrogens is 164 g/mol. The second-order valence-electron chi connectivity index (χ2n) is 2.07. The summed E-state index contributed by atoms with van der Waals surface area (Å²) in [7, 11) is 0. The van der Waals surface area contributed by atoms with Crippen molar-refractivity contribution in [2.24, 2.45) is 0 Å². The van der Waals surface area contributed by atoms with E-state index in [1.807, 2.05) is 0 Å². The number of H-pyrrole nitrogens is 3. The van der Waals surface area contributed by atoms with Gasteiger partial charge >= 0.3 is 0 Å². The Morgan fingerprint density at radius 2 is 2.27 bits per heavy atom. The molecule has 3 N–H and O–H groups in total. The van der Waals surface area contributed by atoms with Gasteiger partial charge in [0.05, 0.1) is 11.7 Å². The predicted octanol–water partition coefficient (Wildman–Crippen LogP) is 0.309. The first-order chi connectivity index (χ1) is 5.27. The van der Waals surface area contributed by atoms with Crippen LogP contribution in [0.25, 0.3) is 11.0 Å². The Morgan fingerprint density at radius 3 is 3.09 bits per heavy atom. The van der Waals surface area contributed by atoms with E-state index in [9.17, 15) is 4.79 Å². The maximum absolute atomic E-state index is 11.0. The molecule has 0 saturated heterocycles. The first-order valence-electron chi connectivity index (χ1n) is 2.93. The summed E-state index contributed by atoms with van der Waals surface area (Å²) in [6.07, 6.45) is 1.51. The topological polar surface area (TPSA) is 77.3 Å². The van der Waals surface area contributed by atoms with Gasteiger partial charge in [-0.25, -0.2) is 0 Å². The second kappa shape index (κ2) is 2.03. The molecule has 6 heteroatoms. The number of aromatic amines is 3. The lowest BCUT2D eigenvalue weighted by Crippen LogP contribution is -2.07. The highest BCUT2D eigenvalue weighted by atomic mass is 32.1. The van der Waals surface area contributed by atoms with Gasteiger partial charge in [0.25, 0.3) is 5.56 Å². The van der Waals surface area contributed by atoms with Gasteiger partial charge in [-0.2, -0.15) is 5.10 Å². The van der Waals surface area contributed by atoms with Gasteiger partial charge in [-0.05, 0) is 12.2 Å². The first-order valence-corrected chi connectivity index (χ1v) is 3.34. The predicted molar refractivity (Wildman–Crippen MR) is 41.9 cm³/mol. The summed E-state index contributed by atoms with van der Waals surface area (Å²) in [5, 5.41) is 6.22. The molecule has 2 aromatic rings. The molecular formula is C5H4N4OS. The van der Waals surface area contributed by atoms with Crippen LogP contribution >= 0.6 is 12.2 Å². The zero-order valence-corrected chi connectivity index (χ0v) is 6.16. The van der Waals surface area contributed by atoms with Gasteiger partial charge < -0.3 is 4.98 Å². The molecule has 0 spiro atoms. The SMILES string of the molecule is O=c1[nH]c(=S)[nH]c2cn[nH]c12. The minimum atomic E-state index is -0.249. The highest BCUT2D eigenvalue weighted by Crippen LogP contribution is 1.97. The average molecular weight is 168 g/mol. The molecule has 0 fully saturated rings. The molecule has 0 atom stereocenters. The van der Waals surface area contributed by atoms with Crippen molar-refractivity contribution in [3.63, 3.8) is 0 Å². The summed E-state index contributed by atoms with van der Waals surface area (Å²) in [5.74, 6) is 0. The minimum absolute atomic E-state index is 0.249. The van der Waals surface area contributed by atoms with Crippen LogP contribution in [-0.2, 0) is 0 Å². The van der Waals surface area contributed by atoms with Gasteiger partial charge in [0.1, 0.15) is 5.52 Å². The van der Waals surface area contributed by atoms with Gasteiger partial charge in [-0.3, -0.25) is 14.9 Å². The second-order valence-corrected chi connectivity index (χ2v) is 2.48. The van der Waals surface area contributed by atoms with Crippen LogP contribution in [0.15, 0.2) is 11.0 Å². The Kier molecular flexibility index (Phi) is 1.16. The Labute approximate surface area is 65.5 Å². The molecule has 11 heavy (non-hydrogen) atoms. The van der Waals surface area contributed by atoms with Crippen molar-refractivity contribution in [2.75, 3.05) is 0 Å². The van der Waals surface area contributed by atoms with Crippen molar-refractivity contribution in [1.82, 2.24) is 20.2 Å². The van der Waals surface area contributed by atoms with Crippen LogP contribution in [0.4, 0.5) is 0 Å². The molecule has 2 rings (SSSR count). The molecule has 0 amide bonds. The first kappa shape index (κ1) is 6.29. The third-order valence-electron chi connectivity index (χ3n) is 1.34. The van der Waals surface area contributed by atoms with Gasteiger partial charge in [0, 0.05) is 0 Å². The van der Waals surface area contributed by atoms with Gasteiger partial charge in [-0.1, -0.05) is 0 Å². The Morgan fingerprint density at radius 1 is 1.45 bits per heavy atom. The highest BCUT2D eigenvalue weighted by molar-refractivity contribution is 7.71. The largest absolute Gasteiger partial charge is 0.329 e. The van der Waals surface area contributed by atoms with E-state index in [0.717, 1.165) is 0 Å². The van der Waals surface area contributed by atoms with Gasteiger partial charge in [-0.15, -0.1) is 0 Å². The highest BCUT2D eigenvalue weighted by Gasteiger charge is 1.98. The van der Waals surface area contributed by atoms with E-state index in [1.165, 1.54) is 6.20 Å². The van der Waals surface area contributed by atoms with Crippen LogP contribution in [0.1, 0.15) is 0 Å². The Balaban J connectivity index is 3.15. The number of hydrogen-bond donors (Lipinski definition) is 3. The van der Waals surface area contributed by atoms with Gasteiger partial charge in [0.2, 0.25) is 0 Å². The lowest BCUT2D eigenvalue weighted by molar-refractivity contribution is 1.09. The van der Waals surface area contributed by atoms with Crippen LogP contribution in [0.3, 0.4) is 0 Å². The normalized spacial score (nSPS) is 10.5. The fraction of sp³-hybridized carbons (Fsp3) is 0. The van der Waals surface area contributed by atoms with E-state index in [4.69, 9.17) is 12.2 Å².